The van der Waals surface area contributed by atoms with Crippen LogP contribution in [0.1, 0.15) is 15.9 Å². The number of rotatable bonds is 4. The van der Waals surface area contributed by atoms with Gasteiger partial charge in [0.05, 0.1) is 15.6 Å². The van der Waals surface area contributed by atoms with E-state index >= 15 is 0 Å². The maximum atomic E-state index is 12.2. The zero-order valence-corrected chi connectivity index (χ0v) is 12.6. The van der Waals surface area contributed by atoms with Crippen molar-refractivity contribution in [1.29, 1.82) is 0 Å². The number of halogens is 1. The number of hydrogen-bond acceptors (Lipinski definition) is 4. The second-order valence-corrected chi connectivity index (χ2v) is 7.59. The predicted molar refractivity (Wildman–Crippen MR) is 78.3 cm³/mol. The average Bonchev–Trinajstić information content (AvgIpc) is 2.79. The quantitative estimate of drug-likeness (QED) is 0.901. The van der Waals surface area contributed by atoms with Crippen LogP contribution in [0.2, 0.25) is 4.34 Å². The highest BCUT2D eigenvalue weighted by Crippen LogP contribution is 2.29. The zero-order chi connectivity index (χ0) is 14.9. The summed E-state index contributed by atoms with van der Waals surface area (Å²) in [4.78, 5) is 11.1. The Morgan fingerprint density at radius 1 is 1.30 bits per heavy atom. The topological polar surface area (TPSA) is 83.5 Å². The third-order valence-corrected chi connectivity index (χ3v) is 5.63. The van der Waals surface area contributed by atoms with Crippen LogP contribution in [0.15, 0.2) is 34.5 Å². The summed E-state index contributed by atoms with van der Waals surface area (Å²) in [5.41, 5.74) is 0.483. The Hall–Kier alpha value is -1.57. The van der Waals surface area contributed by atoms with E-state index in [-0.39, 0.29) is 15.5 Å². The van der Waals surface area contributed by atoms with Crippen molar-refractivity contribution in [2.45, 2.75) is 11.1 Å². The van der Waals surface area contributed by atoms with Crippen molar-refractivity contribution in [3.63, 3.8) is 0 Å². The number of carboxylic acid groups (broad SMARTS) is 1. The first kappa shape index (κ1) is 14.8. The highest BCUT2D eigenvalue weighted by Gasteiger charge is 2.21. The maximum Gasteiger partial charge on any atom is 0.337 e. The molecule has 0 aliphatic heterocycles. The third-order valence-electron chi connectivity index (χ3n) is 2.55. The molecule has 0 fully saturated rings. The number of para-hydroxylation sites is 1. The largest absolute Gasteiger partial charge is 0.478 e. The number of thiophene rings is 1. The molecule has 0 spiro atoms. The van der Waals surface area contributed by atoms with E-state index in [0.29, 0.717) is 9.90 Å². The molecular weight excluding hydrogens is 322 g/mol. The van der Waals surface area contributed by atoms with Crippen molar-refractivity contribution >= 4 is 44.6 Å². The number of benzene rings is 1. The summed E-state index contributed by atoms with van der Waals surface area (Å²) < 4.78 is 27.1. The predicted octanol–water partition coefficient (Wildman–Crippen LogP) is 3.21. The fraction of sp³-hybridized carbons (Fsp3) is 0.0833. The molecule has 2 rings (SSSR count). The molecule has 1 aromatic carbocycles. The van der Waals surface area contributed by atoms with Gasteiger partial charge in [0.2, 0.25) is 0 Å². The highest BCUT2D eigenvalue weighted by atomic mass is 35.5. The van der Waals surface area contributed by atoms with E-state index in [9.17, 15) is 13.2 Å². The van der Waals surface area contributed by atoms with Crippen LogP contribution in [-0.4, -0.2) is 19.5 Å². The molecule has 1 aromatic heterocycles. The van der Waals surface area contributed by atoms with Gasteiger partial charge < -0.3 is 5.11 Å². The van der Waals surface area contributed by atoms with Crippen LogP contribution in [0.3, 0.4) is 0 Å². The molecule has 0 atom stereocenters. The number of carboxylic acids is 1. The molecule has 0 aliphatic rings. The summed E-state index contributed by atoms with van der Waals surface area (Å²) in [5, 5.41) is 9.11. The number of nitrogens with one attached hydrogen (secondary N) is 1. The van der Waals surface area contributed by atoms with Crippen molar-refractivity contribution in [3.05, 3.63) is 45.8 Å². The smallest absolute Gasteiger partial charge is 0.337 e. The van der Waals surface area contributed by atoms with E-state index < -0.39 is 16.0 Å². The Balaban J connectivity index is 2.47. The molecular formula is C12H10ClNO4S2. The average molecular weight is 332 g/mol. The van der Waals surface area contributed by atoms with Crippen molar-refractivity contribution in [1.82, 2.24) is 0 Å². The fourth-order valence-electron chi connectivity index (χ4n) is 1.61. The van der Waals surface area contributed by atoms with Gasteiger partial charge in [0.15, 0.2) is 0 Å². The fourth-order valence-corrected chi connectivity index (χ4v) is 4.24. The van der Waals surface area contributed by atoms with Crippen molar-refractivity contribution in [2.75, 3.05) is 4.72 Å². The summed E-state index contributed by atoms with van der Waals surface area (Å²) in [6.45, 7) is 1.63. The summed E-state index contributed by atoms with van der Waals surface area (Å²) in [5.74, 6) is -1.20. The lowest BCUT2D eigenvalue weighted by Gasteiger charge is -2.12. The lowest BCUT2D eigenvalue weighted by molar-refractivity contribution is 0.0698. The van der Waals surface area contributed by atoms with Gasteiger partial charge in [-0.1, -0.05) is 23.7 Å². The Bertz CT molecular complexity index is 768. The first-order chi connectivity index (χ1) is 9.31. The molecule has 0 aliphatic carbocycles. The Labute approximate surface area is 124 Å². The third kappa shape index (κ3) is 2.95. The number of hydrogen-bond donors (Lipinski definition) is 2. The molecule has 0 saturated heterocycles. The van der Waals surface area contributed by atoms with Gasteiger partial charge in [-0.05, 0) is 30.7 Å². The first-order valence-electron chi connectivity index (χ1n) is 5.42. The highest BCUT2D eigenvalue weighted by molar-refractivity contribution is 7.94. The number of aryl methyl sites for hydroxylation is 1. The minimum atomic E-state index is -3.85. The van der Waals surface area contributed by atoms with Gasteiger partial charge in [-0.3, -0.25) is 4.72 Å². The standard InChI is InChI=1S/C12H10ClNO4S2/c1-7-3-2-4-8(12(15)16)11(7)14-20(17,18)10-6-5-9(13)19-10/h2-6,14H,1H3,(H,15,16). The molecule has 0 saturated carbocycles. The van der Waals surface area contributed by atoms with Gasteiger partial charge in [0.25, 0.3) is 10.0 Å². The second kappa shape index (κ2) is 5.43. The van der Waals surface area contributed by atoms with Crippen LogP contribution in [0, 0.1) is 6.92 Å². The van der Waals surface area contributed by atoms with Gasteiger partial charge in [-0.25, -0.2) is 13.2 Å². The monoisotopic (exact) mass is 331 g/mol. The van der Waals surface area contributed by atoms with E-state index in [4.69, 9.17) is 16.7 Å². The molecule has 0 radical (unpaired) electrons. The summed E-state index contributed by atoms with van der Waals surface area (Å²) in [6, 6.07) is 7.36. The van der Waals surface area contributed by atoms with Crippen LogP contribution < -0.4 is 4.72 Å². The van der Waals surface area contributed by atoms with Gasteiger partial charge in [-0.15, -0.1) is 11.3 Å². The Morgan fingerprint density at radius 3 is 2.55 bits per heavy atom. The number of anilines is 1. The van der Waals surface area contributed by atoms with E-state index in [1.807, 2.05) is 0 Å². The molecule has 8 heteroatoms. The summed E-state index contributed by atoms with van der Waals surface area (Å²) in [6.07, 6.45) is 0. The van der Waals surface area contributed by atoms with Crippen LogP contribution in [0.4, 0.5) is 5.69 Å². The SMILES string of the molecule is Cc1cccc(C(=O)O)c1NS(=O)(=O)c1ccc(Cl)s1. The number of sulfonamides is 1. The van der Waals surface area contributed by atoms with E-state index in [2.05, 4.69) is 4.72 Å². The molecule has 2 N–H and O–H groups in total. The number of aromatic carboxylic acids is 1. The first-order valence-corrected chi connectivity index (χ1v) is 8.10. The molecule has 5 nitrogen and oxygen atoms in total. The molecule has 0 unspecified atom stereocenters. The zero-order valence-electron chi connectivity index (χ0n) is 10.3. The maximum absolute atomic E-state index is 12.2. The normalized spacial score (nSPS) is 11.3. The van der Waals surface area contributed by atoms with Crippen LogP contribution in [0.5, 0.6) is 0 Å². The molecule has 20 heavy (non-hydrogen) atoms. The lowest BCUT2D eigenvalue weighted by atomic mass is 10.1. The van der Waals surface area contributed by atoms with E-state index in [1.165, 1.54) is 18.2 Å². The lowest BCUT2D eigenvalue weighted by Crippen LogP contribution is -2.15. The summed E-state index contributed by atoms with van der Waals surface area (Å²) in [7, 11) is -3.85. The molecule has 1 heterocycles. The minimum absolute atomic E-state index is 0.0297. The minimum Gasteiger partial charge on any atom is -0.478 e. The van der Waals surface area contributed by atoms with Crippen LogP contribution in [0.25, 0.3) is 0 Å². The second-order valence-electron chi connectivity index (χ2n) is 3.97. The summed E-state index contributed by atoms with van der Waals surface area (Å²) >= 11 is 6.62. The van der Waals surface area contributed by atoms with Crippen molar-refractivity contribution in [2.24, 2.45) is 0 Å². The molecule has 2 aromatic rings. The van der Waals surface area contributed by atoms with Crippen molar-refractivity contribution in [3.8, 4) is 0 Å². The molecule has 106 valence electrons. The molecule has 0 amide bonds. The van der Waals surface area contributed by atoms with Crippen LogP contribution >= 0.6 is 22.9 Å². The molecule has 0 bridgehead atoms. The Morgan fingerprint density at radius 2 is 2.00 bits per heavy atom. The van der Waals surface area contributed by atoms with E-state index in [0.717, 1.165) is 11.3 Å². The Kier molecular flexibility index (Phi) is 4.03. The number of carbonyl (C=O) groups is 1. The van der Waals surface area contributed by atoms with Gasteiger partial charge in [0.1, 0.15) is 4.21 Å². The van der Waals surface area contributed by atoms with Crippen molar-refractivity contribution < 1.29 is 18.3 Å². The van der Waals surface area contributed by atoms with Gasteiger partial charge in [-0.2, -0.15) is 0 Å². The van der Waals surface area contributed by atoms with Gasteiger partial charge in [0, 0.05) is 0 Å². The van der Waals surface area contributed by atoms with Crippen LogP contribution in [-0.2, 0) is 10.0 Å². The van der Waals surface area contributed by atoms with Gasteiger partial charge >= 0.3 is 5.97 Å². The van der Waals surface area contributed by atoms with E-state index in [1.54, 1.807) is 19.1 Å².